The molecule has 23 heavy (non-hydrogen) atoms. The van der Waals surface area contributed by atoms with Gasteiger partial charge in [0.1, 0.15) is 12.4 Å². The molecule has 1 N–H and O–H groups in total. The van der Waals surface area contributed by atoms with Gasteiger partial charge >= 0.3 is 13.2 Å². The van der Waals surface area contributed by atoms with Crippen molar-refractivity contribution in [3.8, 4) is 5.75 Å². The molecule has 0 aliphatic carbocycles. The molecule has 8 heteroatoms. The number of hydrogen-bond donors (Lipinski definition) is 1. The fourth-order valence-electron chi connectivity index (χ4n) is 2.94. The summed E-state index contributed by atoms with van der Waals surface area (Å²) in [5.74, 6) is 0.687. The molecule has 3 rings (SSSR count). The van der Waals surface area contributed by atoms with Gasteiger partial charge in [-0.3, -0.25) is 0 Å². The van der Waals surface area contributed by atoms with E-state index in [1.165, 1.54) is 4.90 Å². The lowest BCUT2D eigenvalue weighted by Crippen LogP contribution is -2.47. The van der Waals surface area contributed by atoms with E-state index in [1.807, 2.05) is 20.8 Å². The van der Waals surface area contributed by atoms with E-state index >= 15 is 0 Å². The van der Waals surface area contributed by atoms with Crippen LogP contribution < -0.4 is 10.2 Å². The Labute approximate surface area is 140 Å². The van der Waals surface area contributed by atoms with Crippen LogP contribution in [0.5, 0.6) is 5.75 Å². The zero-order valence-electron chi connectivity index (χ0n) is 13.3. The maximum absolute atomic E-state index is 11.6. The van der Waals surface area contributed by atoms with Crippen molar-refractivity contribution in [2.45, 2.75) is 32.4 Å². The molecule has 1 aromatic carbocycles. The van der Waals surface area contributed by atoms with E-state index in [9.17, 15) is 9.90 Å². The van der Waals surface area contributed by atoms with Crippen LogP contribution in [0.3, 0.4) is 0 Å². The first-order valence-electron chi connectivity index (χ1n) is 7.52. The van der Waals surface area contributed by atoms with E-state index in [-0.39, 0.29) is 6.54 Å². The minimum atomic E-state index is -0.998. The highest BCUT2D eigenvalue weighted by atomic mass is 35.5. The maximum atomic E-state index is 11.6. The lowest BCUT2D eigenvalue weighted by atomic mass is 9.78. The molecule has 0 aromatic heterocycles. The van der Waals surface area contributed by atoms with Gasteiger partial charge in [-0.15, -0.1) is 0 Å². The summed E-state index contributed by atoms with van der Waals surface area (Å²) in [7, 11) is -0.568. The molecular formula is C15H19BClNO5. The Morgan fingerprint density at radius 1 is 1.43 bits per heavy atom. The topological polar surface area (TPSA) is 68.2 Å². The number of carboxylic acid groups (broad SMARTS) is 1. The van der Waals surface area contributed by atoms with Crippen LogP contribution in [-0.2, 0) is 9.31 Å². The first-order valence-corrected chi connectivity index (χ1v) is 7.89. The van der Waals surface area contributed by atoms with Crippen molar-refractivity contribution < 1.29 is 23.9 Å². The highest BCUT2D eigenvalue weighted by Crippen LogP contribution is 2.36. The van der Waals surface area contributed by atoms with Crippen LogP contribution in [0.1, 0.15) is 32.4 Å². The molecule has 0 saturated heterocycles. The van der Waals surface area contributed by atoms with E-state index in [1.54, 1.807) is 12.1 Å². The summed E-state index contributed by atoms with van der Waals surface area (Å²) in [5.41, 5.74) is 0.984. The number of carbonyl (C=O) groups is 1. The van der Waals surface area contributed by atoms with Gasteiger partial charge in [0.25, 0.3) is 0 Å². The fourth-order valence-corrected chi connectivity index (χ4v) is 3.23. The minimum Gasteiger partial charge on any atom is -0.492 e. The number of amides is 1. The standard InChI is InChI=1S/C15H19BClNO5/c1-15(2,3)18(14(19)20)8-11-12-9(17)4-5-10-13(12)16(23-11)22-7-6-21-10/h4-5,11H,6-8H2,1-3H3,(H,19,20)/t11-/m0/s1. The third-order valence-corrected chi connectivity index (χ3v) is 4.37. The zero-order chi connectivity index (χ0) is 16.8. The highest BCUT2D eigenvalue weighted by molar-refractivity contribution is 6.64. The zero-order valence-corrected chi connectivity index (χ0v) is 14.1. The highest BCUT2D eigenvalue weighted by Gasteiger charge is 2.44. The number of hydrogen-bond acceptors (Lipinski definition) is 4. The van der Waals surface area contributed by atoms with Gasteiger partial charge < -0.3 is 24.1 Å². The van der Waals surface area contributed by atoms with Crippen molar-refractivity contribution in [2.75, 3.05) is 19.8 Å². The summed E-state index contributed by atoms with van der Waals surface area (Å²) in [6.45, 7) is 6.56. The van der Waals surface area contributed by atoms with Gasteiger partial charge in [-0.2, -0.15) is 0 Å². The van der Waals surface area contributed by atoms with Crippen LogP contribution in [0.25, 0.3) is 0 Å². The Hall–Kier alpha value is -1.44. The molecule has 2 aliphatic rings. The average molecular weight is 340 g/mol. The van der Waals surface area contributed by atoms with E-state index in [4.69, 9.17) is 25.6 Å². The van der Waals surface area contributed by atoms with Crippen LogP contribution in [0.4, 0.5) is 4.79 Å². The molecule has 2 aliphatic heterocycles. The Kier molecular flexibility index (Phi) is 4.20. The van der Waals surface area contributed by atoms with E-state index < -0.39 is 24.9 Å². The van der Waals surface area contributed by atoms with Crippen molar-refractivity contribution >= 4 is 30.3 Å². The van der Waals surface area contributed by atoms with Crippen molar-refractivity contribution in [3.63, 3.8) is 0 Å². The fraction of sp³-hybridized carbons (Fsp3) is 0.533. The molecule has 0 fully saturated rings. The van der Waals surface area contributed by atoms with Gasteiger partial charge in [0.05, 0.1) is 19.3 Å². The monoisotopic (exact) mass is 339 g/mol. The van der Waals surface area contributed by atoms with Gasteiger partial charge in [-0.25, -0.2) is 4.79 Å². The second kappa shape index (κ2) is 5.89. The number of rotatable bonds is 2. The molecule has 0 unspecified atom stereocenters. The Morgan fingerprint density at radius 2 is 2.17 bits per heavy atom. The first-order chi connectivity index (χ1) is 10.8. The molecule has 124 valence electrons. The Balaban J connectivity index is 1.97. The van der Waals surface area contributed by atoms with Gasteiger partial charge in [-0.05, 0) is 32.9 Å². The Morgan fingerprint density at radius 3 is 2.83 bits per heavy atom. The molecule has 0 bridgehead atoms. The van der Waals surface area contributed by atoms with Crippen LogP contribution in [0, 0.1) is 0 Å². The number of benzene rings is 1. The van der Waals surface area contributed by atoms with Gasteiger partial charge in [-0.1, -0.05) is 11.6 Å². The van der Waals surface area contributed by atoms with E-state index in [2.05, 4.69) is 0 Å². The van der Waals surface area contributed by atoms with Crippen molar-refractivity contribution in [3.05, 3.63) is 22.7 Å². The SMILES string of the molecule is CC(C)(C)N(C[C@@H]1OB2OCCOc3ccc(Cl)c1c32)C(=O)O. The number of halogens is 1. The van der Waals surface area contributed by atoms with E-state index in [0.717, 1.165) is 11.0 Å². The second-order valence-electron chi connectivity index (χ2n) is 6.61. The van der Waals surface area contributed by atoms with Crippen molar-refractivity contribution in [1.29, 1.82) is 0 Å². The lowest BCUT2D eigenvalue weighted by molar-refractivity contribution is 0.0578. The largest absolute Gasteiger partial charge is 0.498 e. The van der Waals surface area contributed by atoms with Gasteiger partial charge in [0.2, 0.25) is 0 Å². The quantitative estimate of drug-likeness (QED) is 0.837. The molecule has 0 saturated carbocycles. The molecule has 0 spiro atoms. The summed E-state index contributed by atoms with van der Waals surface area (Å²) in [4.78, 5) is 12.9. The van der Waals surface area contributed by atoms with Crippen LogP contribution in [-0.4, -0.2) is 48.5 Å². The van der Waals surface area contributed by atoms with Crippen LogP contribution >= 0.6 is 11.6 Å². The van der Waals surface area contributed by atoms with Crippen molar-refractivity contribution in [1.82, 2.24) is 4.90 Å². The summed E-state index contributed by atoms with van der Waals surface area (Å²) in [5, 5.41) is 10.0. The third-order valence-electron chi connectivity index (χ3n) is 4.04. The normalized spacial score (nSPS) is 19.8. The molecule has 6 nitrogen and oxygen atoms in total. The lowest BCUT2D eigenvalue weighted by Gasteiger charge is -2.35. The second-order valence-corrected chi connectivity index (χ2v) is 7.02. The summed E-state index contributed by atoms with van der Waals surface area (Å²) in [6.07, 6.45) is -1.48. The molecule has 1 amide bonds. The molecule has 2 heterocycles. The third kappa shape index (κ3) is 3.01. The predicted octanol–water partition coefficient (Wildman–Crippen LogP) is 2.29. The number of nitrogens with zero attached hydrogens (tertiary/aromatic N) is 1. The molecular weight excluding hydrogens is 320 g/mol. The smallest absolute Gasteiger partial charge is 0.492 e. The summed E-state index contributed by atoms with van der Waals surface area (Å²) in [6, 6.07) is 3.55. The van der Waals surface area contributed by atoms with Crippen LogP contribution in [0.15, 0.2) is 12.1 Å². The molecule has 1 atom stereocenters. The number of ether oxygens (including phenoxy) is 1. The first kappa shape index (κ1) is 16.4. The summed E-state index contributed by atoms with van der Waals surface area (Å²) < 4.78 is 17.3. The Bertz CT molecular complexity index is 633. The molecule has 0 radical (unpaired) electrons. The van der Waals surface area contributed by atoms with E-state index in [0.29, 0.717) is 24.0 Å². The minimum absolute atomic E-state index is 0.175. The van der Waals surface area contributed by atoms with Crippen molar-refractivity contribution in [2.24, 2.45) is 0 Å². The molecule has 1 aromatic rings. The van der Waals surface area contributed by atoms with Gasteiger partial charge in [0.15, 0.2) is 0 Å². The summed E-state index contributed by atoms with van der Waals surface area (Å²) >= 11 is 6.36. The van der Waals surface area contributed by atoms with Gasteiger partial charge in [0, 0.05) is 21.6 Å². The maximum Gasteiger partial charge on any atom is 0.498 e. The predicted molar refractivity (Wildman–Crippen MR) is 86.6 cm³/mol. The average Bonchev–Trinajstić information content (AvgIpc) is 2.69. The van der Waals surface area contributed by atoms with Crippen LogP contribution in [0.2, 0.25) is 5.02 Å².